The molecule has 1 aliphatic heterocycles. The molecule has 1 unspecified atom stereocenters. The highest BCUT2D eigenvalue weighted by Crippen LogP contribution is 2.17. The van der Waals surface area contributed by atoms with Crippen molar-refractivity contribution in [3.8, 4) is 5.75 Å². The molecule has 1 heterocycles. The fourth-order valence-electron chi connectivity index (χ4n) is 2.19. The van der Waals surface area contributed by atoms with Gasteiger partial charge >= 0.3 is 0 Å². The molecule has 0 amide bonds. The third kappa shape index (κ3) is 5.07. The predicted molar refractivity (Wildman–Crippen MR) is 79.5 cm³/mol. The fourth-order valence-corrected chi connectivity index (χ4v) is 2.19. The summed E-state index contributed by atoms with van der Waals surface area (Å²) < 4.78 is 11.3. The van der Waals surface area contributed by atoms with Crippen molar-refractivity contribution >= 4 is 6.08 Å². The predicted octanol–water partition coefficient (Wildman–Crippen LogP) is 4.45. The molecule has 104 valence electrons. The van der Waals surface area contributed by atoms with E-state index in [1.807, 2.05) is 12.1 Å². The van der Waals surface area contributed by atoms with Crippen molar-refractivity contribution in [2.45, 2.75) is 45.1 Å². The first-order valence-corrected chi connectivity index (χ1v) is 7.41. The van der Waals surface area contributed by atoms with Gasteiger partial charge in [0.1, 0.15) is 5.75 Å². The van der Waals surface area contributed by atoms with Crippen LogP contribution in [0.4, 0.5) is 0 Å². The van der Waals surface area contributed by atoms with Crippen molar-refractivity contribution in [2.75, 3.05) is 13.2 Å². The average Bonchev–Trinajstić information content (AvgIpc) is 2.96. The Balaban J connectivity index is 1.77. The van der Waals surface area contributed by atoms with Gasteiger partial charge in [0.15, 0.2) is 0 Å². The summed E-state index contributed by atoms with van der Waals surface area (Å²) in [5, 5.41) is 0. The number of hydrogen-bond acceptors (Lipinski definition) is 2. The zero-order valence-electron chi connectivity index (χ0n) is 11.8. The highest BCUT2D eigenvalue weighted by atomic mass is 16.5. The number of unbranched alkanes of at least 4 members (excludes halogenated alkanes) is 2. The molecule has 2 heteroatoms. The molecule has 1 aromatic carbocycles. The van der Waals surface area contributed by atoms with E-state index in [0.717, 1.165) is 31.8 Å². The van der Waals surface area contributed by atoms with E-state index in [0.29, 0.717) is 6.10 Å². The number of ether oxygens (including phenoxy) is 2. The van der Waals surface area contributed by atoms with Gasteiger partial charge in [-0.05, 0) is 37.0 Å². The van der Waals surface area contributed by atoms with Crippen LogP contribution in [-0.2, 0) is 4.74 Å². The molecule has 0 aromatic heterocycles. The van der Waals surface area contributed by atoms with Gasteiger partial charge in [-0.3, -0.25) is 0 Å². The molecule has 0 N–H and O–H groups in total. The standard InChI is InChI=1S/C17H24O2/c1-2-3-4-13-18-17-11-8-15(9-12-17)7-10-16-6-5-14-19-16/h7-12,16H,2-6,13-14H2,1H3/b10-7-. The van der Waals surface area contributed by atoms with Crippen molar-refractivity contribution < 1.29 is 9.47 Å². The number of hydrogen-bond donors (Lipinski definition) is 0. The van der Waals surface area contributed by atoms with Gasteiger partial charge in [0.25, 0.3) is 0 Å². The van der Waals surface area contributed by atoms with E-state index in [4.69, 9.17) is 9.47 Å². The van der Waals surface area contributed by atoms with E-state index in [1.165, 1.54) is 24.8 Å². The van der Waals surface area contributed by atoms with Gasteiger partial charge < -0.3 is 9.47 Å². The Labute approximate surface area is 116 Å². The lowest BCUT2D eigenvalue weighted by Crippen LogP contribution is -1.98. The molecule has 0 spiro atoms. The van der Waals surface area contributed by atoms with E-state index in [9.17, 15) is 0 Å². The number of rotatable bonds is 7. The summed E-state index contributed by atoms with van der Waals surface area (Å²) >= 11 is 0. The molecule has 1 fully saturated rings. The van der Waals surface area contributed by atoms with Crippen LogP contribution in [0.2, 0.25) is 0 Å². The minimum Gasteiger partial charge on any atom is -0.494 e. The van der Waals surface area contributed by atoms with Gasteiger partial charge in [-0.1, -0.05) is 44.1 Å². The summed E-state index contributed by atoms with van der Waals surface area (Å²) in [6, 6.07) is 8.28. The molecule has 0 saturated carbocycles. The quantitative estimate of drug-likeness (QED) is 0.674. The first-order chi connectivity index (χ1) is 9.38. The zero-order valence-corrected chi connectivity index (χ0v) is 11.8. The fraction of sp³-hybridized carbons (Fsp3) is 0.529. The summed E-state index contributed by atoms with van der Waals surface area (Å²) in [6.07, 6.45) is 10.5. The number of benzene rings is 1. The van der Waals surface area contributed by atoms with Crippen LogP contribution in [0.1, 0.15) is 44.6 Å². The van der Waals surface area contributed by atoms with Crippen LogP contribution in [0, 0.1) is 0 Å². The SMILES string of the molecule is CCCCCOc1ccc(/C=C\C2CCCO2)cc1. The molecule has 1 atom stereocenters. The van der Waals surface area contributed by atoms with Crippen LogP contribution < -0.4 is 4.74 Å². The Morgan fingerprint density at radius 2 is 2.11 bits per heavy atom. The van der Waals surface area contributed by atoms with Crippen LogP contribution >= 0.6 is 0 Å². The van der Waals surface area contributed by atoms with E-state index >= 15 is 0 Å². The van der Waals surface area contributed by atoms with Crippen LogP contribution in [0.25, 0.3) is 6.08 Å². The second-order valence-corrected chi connectivity index (χ2v) is 5.04. The Hall–Kier alpha value is -1.28. The van der Waals surface area contributed by atoms with Crippen LogP contribution in [0.3, 0.4) is 0 Å². The van der Waals surface area contributed by atoms with Crippen molar-refractivity contribution in [2.24, 2.45) is 0 Å². The monoisotopic (exact) mass is 260 g/mol. The molecule has 1 aromatic rings. The first-order valence-electron chi connectivity index (χ1n) is 7.41. The molecule has 19 heavy (non-hydrogen) atoms. The minimum absolute atomic E-state index is 0.310. The summed E-state index contributed by atoms with van der Waals surface area (Å²) in [5.74, 6) is 0.963. The zero-order chi connectivity index (χ0) is 13.3. The maximum absolute atomic E-state index is 5.69. The van der Waals surface area contributed by atoms with Crippen molar-refractivity contribution in [1.29, 1.82) is 0 Å². The maximum atomic E-state index is 5.69. The Kier molecular flexibility index (Phi) is 5.96. The molecule has 1 saturated heterocycles. The third-order valence-electron chi connectivity index (χ3n) is 3.36. The van der Waals surface area contributed by atoms with Gasteiger partial charge in [-0.2, -0.15) is 0 Å². The van der Waals surface area contributed by atoms with E-state index in [2.05, 4.69) is 31.2 Å². The first kappa shape index (κ1) is 14.1. The van der Waals surface area contributed by atoms with Crippen molar-refractivity contribution in [3.63, 3.8) is 0 Å². The second kappa shape index (κ2) is 8.00. The lowest BCUT2D eigenvalue weighted by atomic mass is 10.1. The second-order valence-electron chi connectivity index (χ2n) is 5.04. The topological polar surface area (TPSA) is 18.5 Å². The van der Waals surface area contributed by atoms with Gasteiger partial charge in [0.05, 0.1) is 12.7 Å². The van der Waals surface area contributed by atoms with Crippen molar-refractivity contribution in [1.82, 2.24) is 0 Å². The molecule has 0 bridgehead atoms. The van der Waals surface area contributed by atoms with Crippen LogP contribution in [-0.4, -0.2) is 19.3 Å². The van der Waals surface area contributed by atoms with Gasteiger partial charge in [-0.15, -0.1) is 0 Å². The smallest absolute Gasteiger partial charge is 0.119 e. The molecule has 0 aliphatic carbocycles. The summed E-state index contributed by atoms with van der Waals surface area (Å²) in [5.41, 5.74) is 1.21. The normalized spacial score (nSPS) is 19.1. The molecular weight excluding hydrogens is 236 g/mol. The molecular formula is C17H24O2. The van der Waals surface area contributed by atoms with Gasteiger partial charge in [0.2, 0.25) is 0 Å². The lowest BCUT2D eigenvalue weighted by Gasteiger charge is -2.06. The van der Waals surface area contributed by atoms with E-state index in [-0.39, 0.29) is 0 Å². The summed E-state index contributed by atoms with van der Waals surface area (Å²) in [4.78, 5) is 0. The molecule has 0 radical (unpaired) electrons. The highest BCUT2D eigenvalue weighted by Gasteiger charge is 2.11. The van der Waals surface area contributed by atoms with Crippen LogP contribution in [0.15, 0.2) is 30.3 Å². The van der Waals surface area contributed by atoms with Crippen molar-refractivity contribution in [3.05, 3.63) is 35.9 Å². The largest absolute Gasteiger partial charge is 0.494 e. The summed E-state index contributed by atoms with van der Waals surface area (Å²) in [6.45, 7) is 3.92. The van der Waals surface area contributed by atoms with Gasteiger partial charge in [-0.25, -0.2) is 0 Å². The lowest BCUT2D eigenvalue weighted by molar-refractivity contribution is 0.146. The van der Waals surface area contributed by atoms with Gasteiger partial charge in [0, 0.05) is 6.61 Å². The average molecular weight is 260 g/mol. The maximum Gasteiger partial charge on any atom is 0.119 e. The Morgan fingerprint density at radius 3 is 2.79 bits per heavy atom. The van der Waals surface area contributed by atoms with E-state index < -0.39 is 0 Å². The minimum atomic E-state index is 0.310. The highest BCUT2D eigenvalue weighted by molar-refractivity contribution is 5.51. The molecule has 2 rings (SSSR count). The molecule has 1 aliphatic rings. The Bertz CT molecular complexity index is 375. The van der Waals surface area contributed by atoms with E-state index in [1.54, 1.807) is 0 Å². The molecule has 2 nitrogen and oxygen atoms in total. The third-order valence-corrected chi connectivity index (χ3v) is 3.36. The Morgan fingerprint density at radius 1 is 1.26 bits per heavy atom. The summed E-state index contributed by atoms with van der Waals surface area (Å²) in [7, 11) is 0. The van der Waals surface area contributed by atoms with Crippen LogP contribution in [0.5, 0.6) is 5.75 Å².